The van der Waals surface area contributed by atoms with Crippen LogP contribution in [0.15, 0.2) is 46.8 Å². The van der Waals surface area contributed by atoms with Crippen LogP contribution >= 0.6 is 23.1 Å². The highest BCUT2D eigenvalue weighted by Gasteiger charge is 2.11. The summed E-state index contributed by atoms with van der Waals surface area (Å²) in [4.78, 5) is 12.0. The van der Waals surface area contributed by atoms with Crippen molar-refractivity contribution in [3.05, 3.63) is 42.5 Å². The Morgan fingerprint density at radius 2 is 2.04 bits per heavy atom. The molecule has 3 rings (SSSR count). The van der Waals surface area contributed by atoms with Gasteiger partial charge in [0, 0.05) is 5.25 Å². The van der Waals surface area contributed by atoms with Gasteiger partial charge < -0.3 is 4.74 Å². The summed E-state index contributed by atoms with van der Waals surface area (Å²) in [6.07, 6.45) is 1.06. The SMILES string of the molecule is CCC(C)Sc1nnc(NC(=O)COc2ccc3ccccc3c2)s1. The molecule has 0 fully saturated rings. The van der Waals surface area contributed by atoms with Gasteiger partial charge in [-0.05, 0) is 29.3 Å². The first-order valence-corrected chi connectivity index (χ1v) is 9.75. The molecule has 0 spiro atoms. The maximum absolute atomic E-state index is 12.0. The molecule has 1 unspecified atom stereocenters. The van der Waals surface area contributed by atoms with E-state index in [0.717, 1.165) is 21.5 Å². The van der Waals surface area contributed by atoms with Crippen molar-refractivity contribution < 1.29 is 9.53 Å². The molecule has 0 aliphatic rings. The fraction of sp³-hybridized carbons (Fsp3) is 0.278. The smallest absolute Gasteiger partial charge is 0.264 e. The van der Waals surface area contributed by atoms with Crippen LogP contribution in [0, 0.1) is 0 Å². The molecule has 1 N–H and O–H groups in total. The number of amides is 1. The van der Waals surface area contributed by atoms with Gasteiger partial charge in [-0.15, -0.1) is 10.2 Å². The number of carbonyl (C=O) groups is 1. The second kappa shape index (κ2) is 8.31. The molecule has 130 valence electrons. The van der Waals surface area contributed by atoms with E-state index in [9.17, 15) is 4.79 Å². The fourth-order valence-corrected chi connectivity index (χ4v) is 4.14. The largest absolute Gasteiger partial charge is 0.484 e. The Kier molecular flexibility index (Phi) is 5.88. The molecule has 25 heavy (non-hydrogen) atoms. The molecule has 0 saturated heterocycles. The number of fused-ring (bicyclic) bond motifs is 1. The molecular weight excluding hydrogens is 354 g/mol. The molecule has 0 saturated carbocycles. The lowest BCUT2D eigenvalue weighted by Gasteiger charge is -2.07. The minimum absolute atomic E-state index is 0.0637. The zero-order valence-corrected chi connectivity index (χ0v) is 15.7. The summed E-state index contributed by atoms with van der Waals surface area (Å²) >= 11 is 3.05. The molecule has 3 aromatic rings. The zero-order chi connectivity index (χ0) is 17.6. The highest BCUT2D eigenvalue weighted by Crippen LogP contribution is 2.29. The van der Waals surface area contributed by atoms with E-state index in [1.807, 2.05) is 42.5 Å². The summed E-state index contributed by atoms with van der Waals surface area (Å²) in [7, 11) is 0. The van der Waals surface area contributed by atoms with Gasteiger partial charge in [0.05, 0.1) is 0 Å². The third-order valence-electron chi connectivity index (χ3n) is 3.62. The first-order chi connectivity index (χ1) is 12.1. The lowest BCUT2D eigenvalue weighted by atomic mass is 10.1. The number of thioether (sulfide) groups is 1. The molecular formula is C18H19N3O2S2. The van der Waals surface area contributed by atoms with E-state index in [1.54, 1.807) is 11.8 Å². The predicted octanol–water partition coefficient (Wildman–Crippen LogP) is 4.60. The molecule has 0 aliphatic carbocycles. The Balaban J connectivity index is 1.53. The van der Waals surface area contributed by atoms with Crippen LogP contribution < -0.4 is 10.1 Å². The van der Waals surface area contributed by atoms with Crippen LogP contribution in [-0.4, -0.2) is 28.0 Å². The van der Waals surface area contributed by atoms with Crippen molar-refractivity contribution in [1.82, 2.24) is 10.2 Å². The maximum atomic E-state index is 12.0. The lowest BCUT2D eigenvalue weighted by molar-refractivity contribution is -0.118. The van der Waals surface area contributed by atoms with E-state index in [1.165, 1.54) is 11.3 Å². The molecule has 1 atom stereocenters. The van der Waals surface area contributed by atoms with Gasteiger partial charge in [-0.25, -0.2) is 0 Å². The second-order valence-corrected chi connectivity index (χ2v) is 8.22. The van der Waals surface area contributed by atoms with Crippen LogP contribution in [0.4, 0.5) is 5.13 Å². The van der Waals surface area contributed by atoms with Crippen molar-refractivity contribution >= 4 is 44.9 Å². The standard InChI is InChI=1S/C18H19N3O2S2/c1-3-12(2)24-18-21-20-17(25-18)19-16(22)11-23-15-9-8-13-6-4-5-7-14(13)10-15/h4-10,12H,3,11H2,1-2H3,(H,19,20,22). The van der Waals surface area contributed by atoms with Crippen molar-refractivity contribution in [2.24, 2.45) is 0 Å². The maximum Gasteiger partial charge on any atom is 0.264 e. The predicted molar refractivity (Wildman–Crippen MR) is 104 cm³/mol. The zero-order valence-electron chi connectivity index (χ0n) is 14.1. The molecule has 1 aromatic heterocycles. The van der Waals surface area contributed by atoms with Gasteiger partial charge in [0.1, 0.15) is 5.75 Å². The highest BCUT2D eigenvalue weighted by molar-refractivity contribution is 8.01. The van der Waals surface area contributed by atoms with Crippen LogP contribution in [0.5, 0.6) is 5.75 Å². The summed E-state index contributed by atoms with van der Waals surface area (Å²) in [6, 6.07) is 13.8. The van der Waals surface area contributed by atoms with E-state index in [-0.39, 0.29) is 12.5 Å². The van der Waals surface area contributed by atoms with Gasteiger partial charge in [0.2, 0.25) is 5.13 Å². The Bertz CT molecular complexity index is 866. The van der Waals surface area contributed by atoms with Crippen molar-refractivity contribution in [3.63, 3.8) is 0 Å². The molecule has 1 heterocycles. The van der Waals surface area contributed by atoms with Gasteiger partial charge in [-0.2, -0.15) is 0 Å². The van der Waals surface area contributed by atoms with Gasteiger partial charge in [-0.3, -0.25) is 10.1 Å². The molecule has 2 aromatic carbocycles. The third-order valence-corrected chi connectivity index (χ3v) is 5.81. The van der Waals surface area contributed by atoms with Gasteiger partial charge in [-0.1, -0.05) is 67.3 Å². The van der Waals surface area contributed by atoms with Crippen molar-refractivity contribution in [2.45, 2.75) is 29.9 Å². The first-order valence-electron chi connectivity index (χ1n) is 8.05. The van der Waals surface area contributed by atoms with Crippen LogP contribution in [-0.2, 0) is 4.79 Å². The number of anilines is 1. The van der Waals surface area contributed by atoms with Gasteiger partial charge >= 0.3 is 0 Å². The summed E-state index contributed by atoms with van der Waals surface area (Å²) in [5.74, 6) is 0.420. The summed E-state index contributed by atoms with van der Waals surface area (Å²) in [5, 5.41) is 14.0. The Labute approximate surface area is 154 Å². The summed E-state index contributed by atoms with van der Waals surface area (Å²) in [5.41, 5.74) is 0. The molecule has 0 aliphatic heterocycles. The third kappa shape index (κ3) is 4.93. The number of hydrogen-bond acceptors (Lipinski definition) is 6. The number of rotatable bonds is 7. The summed E-state index contributed by atoms with van der Waals surface area (Å²) in [6.45, 7) is 4.21. The topological polar surface area (TPSA) is 64.1 Å². The molecule has 0 bridgehead atoms. The number of ether oxygens (including phenoxy) is 1. The number of nitrogens with one attached hydrogen (secondary N) is 1. The van der Waals surface area contributed by atoms with Crippen LogP contribution in [0.1, 0.15) is 20.3 Å². The van der Waals surface area contributed by atoms with Crippen molar-refractivity contribution in [3.8, 4) is 5.75 Å². The first kappa shape index (κ1) is 17.7. The second-order valence-electron chi connectivity index (χ2n) is 5.56. The number of hydrogen-bond donors (Lipinski definition) is 1. The minimum atomic E-state index is -0.246. The summed E-state index contributed by atoms with van der Waals surface area (Å²) < 4.78 is 6.44. The number of benzene rings is 2. The molecule has 1 amide bonds. The molecule has 5 nitrogen and oxygen atoms in total. The van der Waals surface area contributed by atoms with E-state index < -0.39 is 0 Å². The van der Waals surface area contributed by atoms with Crippen molar-refractivity contribution in [2.75, 3.05) is 11.9 Å². The van der Waals surface area contributed by atoms with Crippen molar-refractivity contribution in [1.29, 1.82) is 0 Å². The lowest BCUT2D eigenvalue weighted by Crippen LogP contribution is -2.20. The molecule has 0 radical (unpaired) electrons. The van der Waals surface area contributed by atoms with Crippen LogP contribution in [0.2, 0.25) is 0 Å². The normalized spacial score (nSPS) is 12.1. The van der Waals surface area contributed by atoms with Crippen LogP contribution in [0.25, 0.3) is 10.8 Å². The van der Waals surface area contributed by atoms with Gasteiger partial charge in [0.25, 0.3) is 5.91 Å². The average Bonchev–Trinajstić information content (AvgIpc) is 3.06. The number of nitrogens with zero attached hydrogens (tertiary/aromatic N) is 2. The Hall–Kier alpha value is -2.12. The quantitative estimate of drug-likeness (QED) is 0.484. The van der Waals surface area contributed by atoms with E-state index in [4.69, 9.17) is 4.74 Å². The Morgan fingerprint density at radius 3 is 2.84 bits per heavy atom. The Morgan fingerprint density at radius 1 is 1.24 bits per heavy atom. The minimum Gasteiger partial charge on any atom is -0.484 e. The van der Waals surface area contributed by atoms with E-state index >= 15 is 0 Å². The molecule has 7 heteroatoms. The van der Waals surface area contributed by atoms with E-state index in [2.05, 4.69) is 29.4 Å². The van der Waals surface area contributed by atoms with Gasteiger partial charge in [0.15, 0.2) is 10.9 Å². The van der Waals surface area contributed by atoms with E-state index in [0.29, 0.717) is 16.1 Å². The average molecular weight is 374 g/mol. The highest BCUT2D eigenvalue weighted by atomic mass is 32.2. The van der Waals surface area contributed by atoms with Crippen LogP contribution in [0.3, 0.4) is 0 Å². The number of aromatic nitrogens is 2. The fourth-order valence-electron chi connectivity index (χ4n) is 2.12. The monoisotopic (exact) mass is 373 g/mol. The number of carbonyl (C=O) groups excluding carboxylic acids is 1.